The minimum absolute atomic E-state index is 0.115. The van der Waals surface area contributed by atoms with E-state index in [-0.39, 0.29) is 30.5 Å². The van der Waals surface area contributed by atoms with Crippen LogP contribution in [0.1, 0.15) is 31.4 Å². The van der Waals surface area contributed by atoms with Crippen LogP contribution in [0.3, 0.4) is 0 Å². The Bertz CT molecular complexity index is 870. The number of rotatable bonds is 9. The Hall–Kier alpha value is -2.93. The van der Waals surface area contributed by atoms with Gasteiger partial charge in [-0.25, -0.2) is 0 Å². The summed E-state index contributed by atoms with van der Waals surface area (Å²) < 4.78 is 0. The minimum Gasteiger partial charge on any atom is -0.354 e. The van der Waals surface area contributed by atoms with E-state index in [1.807, 2.05) is 6.92 Å². The van der Waals surface area contributed by atoms with Crippen molar-refractivity contribution in [2.45, 2.75) is 39.3 Å². The van der Waals surface area contributed by atoms with E-state index in [4.69, 9.17) is 11.6 Å². The molecule has 0 aliphatic heterocycles. The quantitative estimate of drug-likeness (QED) is 0.497. The summed E-state index contributed by atoms with van der Waals surface area (Å²) >= 11 is 5.93. The largest absolute Gasteiger partial charge is 0.354 e. The second-order valence-corrected chi connectivity index (χ2v) is 7.11. The van der Waals surface area contributed by atoms with E-state index < -0.39 is 11.0 Å². The lowest BCUT2D eigenvalue weighted by molar-refractivity contribution is -0.385. The normalized spacial score (nSPS) is 11.6. The second-order valence-electron chi connectivity index (χ2n) is 6.68. The number of halogens is 1. The summed E-state index contributed by atoms with van der Waals surface area (Å²) in [5.41, 5.74) is 1.00. The highest BCUT2D eigenvalue weighted by Crippen LogP contribution is 2.20. The summed E-state index contributed by atoms with van der Waals surface area (Å²) in [7, 11) is 0. The number of nitro benzene ring substituents is 1. The van der Waals surface area contributed by atoms with Gasteiger partial charge in [0.05, 0.1) is 11.3 Å². The molecule has 8 heteroatoms. The fourth-order valence-corrected chi connectivity index (χ4v) is 2.99. The average Bonchev–Trinajstić information content (AvgIpc) is 2.71. The van der Waals surface area contributed by atoms with E-state index in [2.05, 4.69) is 5.32 Å². The van der Waals surface area contributed by atoms with Gasteiger partial charge in [0.15, 0.2) is 0 Å². The molecule has 29 heavy (non-hydrogen) atoms. The lowest BCUT2D eigenvalue weighted by Crippen LogP contribution is -2.48. The van der Waals surface area contributed by atoms with Gasteiger partial charge in [0.25, 0.3) is 5.69 Å². The van der Waals surface area contributed by atoms with Crippen molar-refractivity contribution in [2.24, 2.45) is 0 Å². The molecule has 0 fully saturated rings. The molecule has 1 unspecified atom stereocenters. The summed E-state index contributed by atoms with van der Waals surface area (Å²) in [5.74, 6) is -0.634. The third kappa shape index (κ3) is 6.29. The summed E-state index contributed by atoms with van der Waals surface area (Å²) in [6.07, 6.45) is 0.607. The van der Waals surface area contributed by atoms with Gasteiger partial charge in [0, 0.05) is 29.7 Å². The summed E-state index contributed by atoms with van der Waals surface area (Å²) in [4.78, 5) is 37.7. The molecule has 0 saturated carbocycles. The van der Waals surface area contributed by atoms with Gasteiger partial charge < -0.3 is 10.2 Å². The van der Waals surface area contributed by atoms with Crippen molar-refractivity contribution in [1.29, 1.82) is 0 Å². The van der Waals surface area contributed by atoms with Crippen molar-refractivity contribution in [3.63, 3.8) is 0 Å². The first-order valence-corrected chi connectivity index (χ1v) is 9.75. The van der Waals surface area contributed by atoms with Gasteiger partial charge in [0.2, 0.25) is 11.8 Å². The van der Waals surface area contributed by atoms with Gasteiger partial charge >= 0.3 is 0 Å². The summed E-state index contributed by atoms with van der Waals surface area (Å²) in [6, 6.07) is 12.4. The number of nitro groups is 1. The van der Waals surface area contributed by atoms with Crippen molar-refractivity contribution in [1.82, 2.24) is 10.2 Å². The van der Waals surface area contributed by atoms with E-state index in [0.717, 1.165) is 12.0 Å². The van der Waals surface area contributed by atoms with Gasteiger partial charge in [-0.05, 0) is 31.0 Å². The second kappa shape index (κ2) is 10.6. The molecule has 0 aliphatic rings. The van der Waals surface area contributed by atoms with Gasteiger partial charge in [-0.1, -0.05) is 48.9 Å². The highest BCUT2D eigenvalue weighted by Gasteiger charge is 2.27. The maximum absolute atomic E-state index is 13.1. The molecule has 1 atom stereocenters. The van der Waals surface area contributed by atoms with Crippen molar-refractivity contribution >= 4 is 29.1 Å². The molecule has 0 aromatic heterocycles. The minimum atomic E-state index is -0.729. The Balaban J connectivity index is 2.27. The Morgan fingerprint density at radius 1 is 1.17 bits per heavy atom. The molecule has 0 radical (unpaired) electrons. The molecule has 7 nitrogen and oxygen atoms in total. The van der Waals surface area contributed by atoms with Crippen molar-refractivity contribution in [2.75, 3.05) is 6.54 Å². The van der Waals surface area contributed by atoms with Crippen LogP contribution in [0.4, 0.5) is 5.69 Å². The standard InChI is InChI=1S/C21H24ClN3O4/c1-3-12-23-21(27)15(2)24(14-16-8-10-18(22)11-9-16)20(26)13-17-6-4-5-7-19(17)25(28)29/h4-11,15H,3,12-14H2,1-2H3,(H,23,27). The highest BCUT2D eigenvalue weighted by atomic mass is 35.5. The van der Waals surface area contributed by atoms with Crippen molar-refractivity contribution in [3.8, 4) is 0 Å². The molecule has 0 spiro atoms. The SMILES string of the molecule is CCCNC(=O)C(C)N(Cc1ccc(Cl)cc1)C(=O)Cc1ccccc1[N+](=O)[O-]. The van der Waals surface area contributed by atoms with Crippen LogP contribution in [0.5, 0.6) is 0 Å². The Morgan fingerprint density at radius 2 is 1.83 bits per heavy atom. The number of nitrogens with one attached hydrogen (secondary N) is 1. The van der Waals surface area contributed by atoms with Gasteiger partial charge in [0.1, 0.15) is 6.04 Å². The molecular formula is C21H24ClN3O4. The van der Waals surface area contributed by atoms with Crippen LogP contribution in [-0.2, 0) is 22.6 Å². The summed E-state index contributed by atoms with van der Waals surface area (Å²) in [5, 5.41) is 14.6. The molecule has 0 saturated heterocycles. The zero-order valence-corrected chi connectivity index (χ0v) is 17.2. The van der Waals surface area contributed by atoms with Crippen molar-refractivity contribution < 1.29 is 14.5 Å². The average molecular weight is 418 g/mol. The van der Waals surface area contributed by atoms with Gasteiger partial charge in [-0.2, -0.15) is 0 Å². The summed E-state index contributed by atoms with van der Waals surface area (Å²) in [6.45, 7) is 4.29. The number of hydrogen-bond acceptors (Lipinski definition) is 4. The van der Waals surface area contributed by atoms with E-state index in [0.29, 0.717) is 17.1 Å². The monoisotopic (exact) mass is 417 g/mol. The Labute approximate surface area is 174 Å². The number of carbonyl (C=O) groups is 2. The zero-order chi connectivity index (χ0) is 21.4. The maximum atomic E-state index is 13.1. The van der Waals surface area contributed by atoms with E-state index in [9.17, 15) is 19.7 Å². The molecule has 2 rings (SSSR count). The fraction of sp³-hybridized carbons (Fsp3) is 0.333. The predicted molar refractivity (Wildman–Crippen MR) is 112 cm³/mol. The van der Waals surface area contributed by atoms with E-state index in [1.54, 1.807) is 49.4 Å². The van der Waals surface area contributed by atoms with Crippen LogP contribution in [0.15, 0.2) is 48.5 Å². The van der Waals surface area contributed by atoms with Crippen LogP contribution >= 0.6 is 11.6 Å². The molecule has 0 bridgehead atoms. The molecule has 2 aromatic rings. The molecule has 2 amide bonds. The Morgan fingerprint density at radius 3 is 2.45 bits per heavy atom. The van der Waals surface area contributed by atoms with Gasteiger partial charge in [-0.15, -0.1) is 0 Å². The zero-order valence-electron chi connectivity index (χ0n) is 16.4. The number of nitrogens with zero attached hydrogens (tertiary/aromatic N) is 2. The van der Waals surface area contributed by atoms with Crippen LogP contribution in [0, 0.1) is 10.1 Å². The smallest absolute Gasteiger partial charge is 0.273 e. The third-order valence-corrected chi connectivity index (χ3v) is 4.76. The Kier molecular flexibility index (Phi) is 8.15. The third-order valence-electron chi connectivity index (χ3n) is 4.51. The first kappa shape index (κ1) is 22.4. The molecule has 154 valence electrons. The molecule has 0 heterocycles. The van der Waals surface area contributed by atoms with Crippen molar-refractivity contribution in [3.05, 3.63) is 74.8 Å². The molecule has 1 N–H and O–H groups in total. The van der Waals surface area contributed by atoms with Crippen LogP contribution in [-0.4, -0.2) is 34.2 Å². The lowest BCUT2D eigenvalue weighted by Gasteiger charge is -2.29. The molecule has 0 aliphatic carbocycles. The lowest BCUT2D eigenvalue weighted by atomic mass is 10.1. The maximum Gasteiger partial charge on any atom is 0.273 e. The van der Waals surface area contributed by atoms with E-state index >= 15 is 0 Å². The number of benzene rings is 2. The van der Waals surface area contributed by atoms with Crippen LogP contribution < -0.4 is 5.32 Å². The van der Waals surface area contributed by atoms with Crippen LogP contribution in [0.2, 0.25) is 5.02 Å². The predicted octanol–water partition coefficient (Wildman–Crippen LogP) is 3.73. The van der Waals surface area contributed by atoms with Gasteiger partial charge in [-0.3, -0.25) is 19.7 Å². The fourth-order valence-electron chi connectivity index (χ4n) is 2.87. The van der Waals surface area contributed by atoms with E-state index in [1.165, 1.54) is 11.0 Å². The number of amides is 2. The number of hydrogen-bond donors (Lipinski definition) is 1. The topological polar surface area (TPSA) is 92.6 Å². The van der Waals surface area contributed by atoms with Crippen LogP contribution in [0.25, 0.3) is 0 Å². The number of carbonyl (C=O) groups excluding carboxylic acids is 2. The first-order chi connectivity index (χ1) is 13.8. The number of para-hydroxylation sites is 1. The first-order valence-electron chi connectivity index (χ1n) is 9.37. The molecular weight excluding hydrogens is 394 g/mol. The molecule has 2 aromatic carbocycles. The highest BCUT2D eigenvalue weighted by molar-refractivity contribution is 6.30.